The molecule has 0 bridgehead atoms. The highest BCUT2D eigenvalue weighted by Gasteiger charge is 2.27. The van der Waals surface area contributed by atoms with Gasteiger partial charge in [-0.05, 0) is 19.8 Å². The van der Waals surface area contributed by atoms with E-state index >= 15 is 0 Å². The zero-order valence-corrected chi connectivity index (χ0v) is 17.7. The van der Waals surface area contributed by atoms with Crippen molar-refractivity contribution in [2.45, 2.75) is 32.6 Å². The van der Waals surface area contributed by atoms with Crippen LogP contribution >= 0.6 is 22.7 Å². The number of carbonyl (C=O) groups excluding carboxylic acids is 3. The highest BCUT2D eigenvalue weighted by Crippen LogP contribution is 2.31. The molecular weight excluding hydrogens is 412 g/mol. The molecule has 2 aromatic rings. The first-order valence-electron chi connectivity index (χ1n) is 8.99. The summed E-state index contributed by atoms with van der Waals surface area (Å²) in [5.74, 6) is 2.03. The predicted molar refractivity (Wildman–Crippen MR) is 111 cm³/mol. The van der Waals surface area contributed by atoms with E-state index in [4.69, 9.17) is 11.2 Å². The minimum Gasteiger partial charge on any atom is -0.436 e. The first-order valence-corrected chi connectivity index (χ1v) is 10.7. The SMILES string of the molecule is C#CCOC(=O)N1CCC(c2nc(C(=O)Nc3nc(C)c(C(C)=O)s3)cs2)CC1. The van der Waals surface area contributed by atoms with Crippen LogP contribution in [0.5, 0.6) is 0 Å². The van der Waals surface area contributed by atoms with Crippen molar-refractivity contribution in [1.29, 1.82) is 0 Å². The van der Waals surface area contributed by atoms with Gasteiger partial charge in [0.15, 0.2) is 17.5 Å². The molecule has 8 nitrogen and oxygen atoms in total. The third-order valence-corrected chi connectivity index (χ3v) is 6.65. The van der Waals surface area contributed by atoms with E-state index in [2.05, 4.69) is 21.2 Å². The Balaban J connectivity index is 1.57. The second-order valence-corrected chi connectivity index (χ2v) is 8.42. The van der Waals surface area contributed by atoms with Crippen LogP contribution < -0.4 is 5.32 Å². The van der Waals surface area contributed by atoms with Gasteiger partial charge in [0.2, 0.25) is 0 Å². The van der Waals surface area contributed by atoms with Crippen molar-refractivity contribution >= 4 is 45.6 Å². The van der Waals surface area contributed by atoms with Crippen LogP contribution in [0.15, 0.2) is 5.38 Å². The fourth-order valence-corrected chi connectivity index (χ4v) is 4.85. The summed E-state index contributed by atoms with van der Waals surface area (Å²) in [7, 11) is 0. The minimum atomic E-state index is -0.399. The van der Waals surface area contributed by atoms with E-state index < -0.39 is 6.09 Å². The Morgan fingerprint density at radius 2 is 2.07 bits per heavy atom. The van der Waals surface area contributed by atoms with Gasteiger partial charge in [-0.25, -0.2) is 14.8 Å². The van der Waals surface area contributed by atoms with Gasteiger partial charge in [-0.3, -0.25) is 14.9 Å². The average molecular weight is 433 g/mol. The molecule has 0 aliphatic carbocycles. The van der Waals surface area contributed by atoms with Gasteiger partial charge in [-0.15, -0.1) is 17.8 Å². The van der Waals surface area contributed by atoms with Crippen LogP contribution in [0.25, 0.3) is 0 Å². The quantitative estimate of drug-likeness (QED) is 0.575. The number of aryl methyl sites for hydroxylation is 1. The van der Waals surface area contributed by atoms with Crippen LogP contribution in [0, 0.1) is 19.3 Å². The number of rotatable bonds is 5. The number of ketones is 1. The number of terminal acetylenes is 1. The summed E-state index contributed by atoms with van der Waals surface area (Å²) < 4.78 is 4.95. The number of thiazole rings is 2. The molecule has 0 aromatic carbocycles. The Morgan fingerprint density at radius 1 is 1.34 bits per heavy atom. The van der Waals surface area contributed by atoms with E-state index in [1.807, 2.05) is 0 Å². The third kappa shape index (κ3) is 4.99. The van der Waals surface area contributed by atoms with Crippen LogP contribution in [0.4, 0.5) is 9.93 Å². The van der Waals surface area contributed by atoms with Gasteiger partial charge < -0.3 is 9.64 Å². The summed E-state index contributed by atoms with van der Waals surface area (Å²) in [6.45, 7) is 4.29. The summed E-state index contributed by atoms with van der Waals surface area (Å²) in [5, 5.41) is 5.67. The number of piperidine rings is 1. The van der Waals surface area contributed by atoms with Gasteiger partial charge >= 0.3 is 6.09 Å². The first kappa shape index (κ1) is 21.0. The number of likely N-dealkylation sites (tertiary alicyclic amines) is 1. The number of anilines is 1. The molecule has 1 aliphatic heterocycles. The molecule has 1 saturated heterocycles. The molecule has 152 valence electrons. The predicted octanol–water partition coefficient (Wildman–Crippen LogP) is 3.31. The molecule has 0 saturated carbocycles. The van der Waals surface area contributed by atoms with Crippen molar-refractivity contribution in [2.24, 2.45) is 0 Å². The molecule has 10 heteroatoms. The summed E-state index contributed by atoms with van der Waals surface area (Å²) in [4.78, 5) is 46.7. The van der Waals surface area contributed by atoms with E-state index in [-0.39, 0.29) is 24.2 Å². The van der Waals surface area contributed by atoms with Crippen molar-refractivity contribution in [3.05, 3.63) is 26.7 Å². The summed E-state index contributed by atoms with van der Waals surface area (Å²) in [6, 6.07) is 0. The van der Waals surface area contributed by atoms with E-state index in [9.17, 15) is 14.4 Å². The van der Waals surface area contributed by atoms with Gasteiger partial charge in [-0.1, -0.05) is 17.3 Å². The monoisotopic (exact) mass is 432 g/mol. The standard InChI is InChI=1S/C19H20N4O4S2/c1-4-9-27-19(26)23-7-5-13(6-8-23)17-21-14(10-28-17)16(25)22-18-20-11(2)15(29-18)12(3)24/h1,10,13H,5-9H2,2-3H3,(H,20,22,25). The average Bonchev–Trinajstić information content (AvgIpc) is 3.33. The third-order valence-electron chi connectivity index (χ3n) is 4.47. The van der Waals surface area contributed by atoms with Gasteiger partial charge in [0.25, 0.3) is 5.91 Å². The Hall–Kier alpha value is -2.77. The number of ether oxygens (including phenoxy) is 1. The minimum absolute atomic E-state index is 0.0315. The second-order valence-electron chi connectivity index (χ2n) is 6.53. The van der Waals surface area contributed by atoms with Crippen molar-refractivity contribution in [3.8, 4) is 12.3 Å². The maximum Gasteiger partial charge on any atom is 0.410 e. The highest BCUT2D eigenvalue weighted by atomic mass is 32.1. The molecule has 1 aliphatic rings. The summed E-state index contributed by atoms with van der Waals surface area (Å²) >= 11 is 2.58. The number of nitrogens with one attached hydrogen (secondary N) is 1. The fraction of sp³-hybridized carbons (Fsp3) is 0.421. The molecule has 0 spiro atoms. The smallest absolute Gasteiger partial charge is 0.410 e. The number of aromatic nitrogens is 2. The number of hydrogen-bond acceptors (Lipinski definition) is 8. The summed E-state index contributed by atoms with van der Waals surface area (Å²) in [5.41, 5.74) is 0.919. The van der Waals surface area contributed by atoms with Crippen molar-refractivity contribution in [1.82, 2.24) is 14.9 Å². The van der Waals surface area contributed by atoms with Gasteiger partial charge in [0.05, 0.1) is 15.6 Å². The lowest BCUT2D eigenvalue weighted by Gasteiger charge is -2.30. The Kier molecular flexibility index (Phi) is 6.61. The maximum atomic E-state index is 12.5. The Labute approximate surface area is 176 Å². The molecule has 0 unspecified atom stereocenters. The van der Waals surface area contributed by atoms with Crippen LogP contribution in [-0.2, 0) is 4.74 Å². The lowest BCUT2D eigenvalue weighted by molar-refractivity contribution is 0.101. The Morgan fingerprint density at radius 3 is 2.69 bits per heavy atom. The van der Waals surface area contributed by atoms with Crippen molar-refractivity contribution in [3.63, 3.8) is 0 Å². The zero-order chi connectivity index (χ0) is 21.0. The molecule has 1 fully saturated rings. The van der Waals surface area contributed by atoms with Crippen LogP contribution in [-0.4, -0.2) is 52.3 Å². The van der Waals surface area contributed by atoms with E-state index in [1.165, 1.54) is 18.3 Å². The topological polar surface area (TPSA) is 101 Å². The molecule has 2 aromatic heterocycles. The molecular formula is C19H20N4O4S2. The van der Waals surface area contributed by atoms with E-state index in [1.54, 1.807) is 17.2 Å². The van der Waals surface area contributed by atoms with Crippen LogP contribution in [0.3, 0.4) is 0 Å². The van der Waals surface area contributed by atoms with Crippen LogP contribution in [0.1, 0.15) is 56.5 Å². The molecule has 3 rings (SSSR count). The fourth-order valence-electron chi connectivity index (χ4n) is 3.02. The van der Waals surface area contributed by atoms with Crippen LogP contribution in [0.2, 0.25) is 0 Å². The number of hydrogen-bond donors (Lipinski definition) is 1. The highest BCUT2D eigenvalue weighted by molar-refractivity contribution is 7.17. The van der Waals surface area contributed by atoms with E-state index in [0.29, 0.717) is 34.5 Å². The molecule has 3 heterocycles. The lowest BCUT2D eigenvalue weighted by Crippen LogP contribution is -2.38. The number of nitrogens with zero attached hydrogens (tertiary/aromatic N) is 3. The van der Waals surface area contributed by atoms with Crippen molar-refractivity contribution < 1.29 is 19.1 Å². The van der Waals surface area contributed by atoms with Gasteiger partial charge in [0.1, 0.15) is 5.69 Å². The number of Topliss-reactive ketones (excluding diaryl/α,β-unsaturated/α-hetero) is 1. The summed E-state index contributed by atoms with van der Waals surface area (Å²) in [6.07, 6.45) is 6.19. The zero-order valence-electron chi connectivity index (χ0n) is 16.1. The number of amides is 2. The molecule has 29 heavy (non-hydrogen) atoms. The normalized spacial score (nSPS) is 14.3. The van der Waals surface area contributed by atoms with Gasteiger partial charge in [-0.2, -0.15) is 0 Å². The maximum absolute atomic E-state index is 12.5. The second kappa shape index (κ2) is 9.15. The first-order chi connectivity index (χ1) is 13.9. The number of carbonyl (C=O) groups is 3. The molecule has 0 atom stereocenters. The van der Waals surface area contributed by atoms with Gasteiger partial charge in [0, 0.05) is 31.3 Å². The lowest BCUT2D eigenvalue weighted by atomic mass is 9.98. The largest absolute Gasteiger partial charge is 0.436 e. The van der Waals surface area contributed by atoms with E-state index in [0.717, 1.165) is 29.2 Å². The molecule has 1 N–H and O–H groups in total. The molecule has 0 radical (unpaired) electrons. The molecule has 2 amide bonds. The van der Waals surface area contributed by atoms with Crippen molar-refractivity contribution in [2.75, 3.05) is 25.0 Å². The Bertz CT molecular complexity index is 967.